The largest absolute Gasteiger partial charge is 0.384 e. The maximum atomic E-state index is 9.10. The van der Waals surface area contributed by atoms with Crippen molar-refractivity contribution >= 4 is 5.82 Å². The molecule has 0 aliphatic heterocycles. The highest BCUT2D eigenvalue weighted by atomic mass is 15.1. The summed E-state index contributed by atoms with van der Waals surface area (Å²) in [6.07, 6.45) is 3.91. The third-order valence-electron chi connectivity index (χ3n) is 4.23. The number of hydrogen-bond donors (Lipinski definition) is 1. The molecule has 2 rings (SSSR count). The third-order valence-corrected chi connectivity index (χ3v) is 4.23. The van der Waals surface area contributed by atoms with Gasteiger partial charge in [-0.15, -0.1) is 0 Å². The Morgan fingerprint density at radius 1 is 1.41 bits per heavy atom. The minimum Gasteiger partial charge on any atom is -0.384 e. The molecule has 0 spiro atoms. The van der Waals surface area contributed by atoms with Crippen LogP contribution < -0.4 is 5.73 Å². The van der Waals surface area contributed by atoms with Crippen LogP contribution in [0.2, 0.25) is 0 Å². The molecule has 92 valence electrons. The van der Waals surface area contributed by atoms with E-state index in [2.05, 4.69) is 24.5 Å². The Hall–Kier alpha value is -1.43. The molecule has 0 saturated heterocycles. The Morgan fingerprint density at radius 2 is 2.12 bits per heavy atom. The van der Waals surface area contributed by atoms with Crippen LogP contribution in [-0.2, 0) is 6.54 Å². The molecular formula is C14H21N3. The van der Waals surface area contributed by atoms with Gasteiger partial charge < -0.3 is 10.3 Å². The van der Waals surface area contributed by atoms with Gasteiger partial charge in [-0.2, -0.15) is 5.26 Å². The molecule has 0 bridgehead atoms. The average molecular weight is 231 g/mol. The molecule has 2 atom stereocenters. The third kappa shape index (κ3) is 2.04. The van der Waals surface area contributed by atoms with Crippen molar-refractivity contribution in [2.24, 2.45) is 11.8 Å². The highest BCUT2D eigenvalue weighted by Crippen LogP contribution is 2.33. The van der Waals surface area contributed by atoms with E-state index >= 15 is 0 Å². The van der Waals surface area contributed by atoms with Gasteiger partial charge >= 0.3 is 0 Å². The smallest absolute Gasteiger partial charge is 0.122 e. The number of nitrogens with zero attached hydrogens (tertiary/aromatic N) is 2. The van der Waals surface area contributed by atoms with Gasteiger partial charge in [-0.3, -0.25) is 0 Å². The van der Waals surface area contributed by atoms with Crippen LogP contribution in [0.25, 0.3) is 0 Å². The zero-order valence-electron chi connectivity index (χ0n) is 11.0. The number of aromatic nitrogens is 1. The summed E-state index contributed by atoms with van der Waals surface area (Å²) in [7, 11) is 0. The van der Waals surface area contributed by atoms with E-state index in [1.54, 1.807) is 0 Å². The van der Waals surface area contributed by atoms with Gasteiger partial charge in [0.1, 0.15) is 11.9 Å². The summed E-state index contributed by atoms with van der Waals surface area (Å²) in [5.41, 5.74) is 8.92. The first kappa shape index (κ1) is 12.0. The van der Waals surface area contributed by atoms with Crippen LogP contribution in [0, 0.1) is 37.0 Å². The predicted octanol–water partition coefficient (Wildman–Crippen LogP) is 3.00. The molecule has 0 aromatic carbocycles. The van der Waals surface area contributed by atoms with Gasteiger partial charge in [0.2, 0.25) is 0 Å². The van der Waals surface area contributed by atoms with Crippen LogP contribution in [-0.4, -0.2) is 4.57 Å². The first-order valence-electron chi connectivity index (χ1n) is 6.39. The Balaban J connectivity index is 2.25. The van der Waals surface area contributed by atoms with E-state index in [1.807, 2.05) is 6.92 Å². The predicted molar refractivity (Wildman–Crippen MR) is 69.5 cm³/mol. The van der Waals surface area contributed by atoms with E-state index in [-0.39, 0.29) is 0 Å². The summed E-state index contributed by atoms with van der Waals surface area (Å²) in [5, 5.41) is 9.10. The summed E-state index contributed by atoms with van der Waals surface area (Å²) in [6.45, 7) is 7.34. The summed E-state index contributed by atoms with van der Waals surface area (Å²) in [4.78, 5) is 0. The van der Waals surface area contributed by atoms with Gasteiger partial charge in [0.05, 0.1) is 5.56 Å². The lowest BCUT2D eigenvalue weighted by atomic mass is 10.1. The number of hydrogen-bond acceptors (Lipinski definition) is 2. The van der Waals surface area contributed by atoms with Gasteiger partial charge in [0.15, 0.2) is 0 Å². The lowest BCUT2D eigenvalue weighted by Gasteiger charge is -2.14. The van der Waals surface area contributed by atoms with Gasteiger partial charge in [-0.05, 0) is 44.1 Å². The second-order valence-electron chi connectivity index (χ2n) is 5.48. The molecule has 2 unspecified atom stereocenters. The quantitative estimate of drug-likeness (QED) is 0.850. The fourth-order valence-corrected chi connectivity index (χ4v) is 3.02. The van der Waals surface area contributed by atoms with E-state index in [4.69, 9.17) is 11.0 Å². The molecule has 1 heterocycles. The van der Waals surface area contributed by atoms with Crippen molar-refractivity contribution < 1.29 is 0 Å². The minimum absolute atomic E-state index is 0.655. The summed E-state index contributed by atoms with van der Waals surface area (Å²) < 4.78 is 2.14. The molecule has 3 nitrogen and oxygen atoms in total. The normalized spacial score (nSPS) is 23.9. The molecule has 1 aromatic heterocycles. The number of nitriles is 1. The zero-order valence-corrected chi connectivity index (χ0v) is 11.0. The van der Waals surface area contributed by atoms with Crippen molar-refractivity contribution in [2.75, 3.05) is 5.73 Å². The molecule has 1 aliphatic carbocycles. The lowest BCUT2D eigenvalue weighted by molar-refractivity contribution is 0.440. The van der Waals surface area contributed by atoms with Crippen LogP contribution in [0.5, 0.6) is 0 Å². The van der Waals surface area contributed by atoms with Crippen LogP contribution in [0.15, 0.2) is 0 Å². The second kappa shape index (κ2) is 4.44. The SMILES string of the molecule is Cc1c(C#N)c(N)n(CC2CCC(C)C2)c1C. The molecule has 0 amide bonds. The molecule has 0 radical (unpaired) electrons. The number of anilines is 1. The summed E-state index contributed by atoms with van der Waals surface area (Å²) in [6, 6.07) is 2.21. The van der Waals surface area contributed by atoms with Crippen molar-refractivity contribution in [1.29, 1.82) is 5.26 Å². The molecule has 1 aliphatic rings. The minimum atomic E-state index is 0.655. The van der Waals surface area contributed by atoms with Crippen LogP contribution in [0.1, 0.15) is 43.0 Å². The Kier molecular flexibility index (Phi) is 3.15. The topological polar surface area (TPSA) is 54.7 Å². The van der Waals surface area contributed by atoms with Crippen LogP contribution in [0.3, 0.4) is 0 Å². The Labute approximate surface area is 103 Å². The van der Waals surface area contributed by atoms with E-state index in [1.165, 1.54) is 19.3 Å². The standard InChI is InChI=1S/C14H21N3/c1-9-4-5-12(6-9)8-17-11(3)10(2)13(7-15)14(17)16/h9,12H,4-6,8,16H2,1-3H3. The molecular weight excluding hydrogens is 210 g/mol. The lowest BCUT2D eigenvalue weighted by Crippen LogP contribution is -2.12. The van der Waals surface area contributed by atoms with E-state index in [9.17, 15) is 0 Å². The van der Waals surface area contributed by atoms with E-state index < -0.39 is 0 Å². The van der Waals surface area contributed by atoms with Crippen LogP contribution >= 0.6 is 0 Å². The van der Waals surface area contributed by atoms with Gasteiger partial charge in [-0.25, -0.2) is 0 Å². The highest BCUT2D eigenvalue weighted by Gasteiger charge is 2.24. The first-order chi connectivity index (χ1) is 8.04. The first-order valence-corrected chi connectivity index (χ1v) is 6.39. The molecule has 17 heavy (non-hydrogen) atoms. The monoisotopic (exact) mass is 231 g/mol. The van der Waals surface area contributed by atoms with E-state index in [0.29, 0.717) is 11.4 Å². The van der Waals surface area contributed by atoms with Crippen molar-refractivity contribution in [2.45, 2.75) is 46.6 Å². The maximum Gasteiger partial charge on any atom is 0.122 e. The number of rotatable bonds is 2. The fourth-order valence-electron chi connectivity index (χ4n) is 3.02. The van der Waals surface area contributed by atoms with Crippen molar-refractivity contribution in [3.63, 3.8) is 0 Å². The molecule has 2 N–H and O–H groups in total. The Bertz CT molecular complexity index is 465. The van der Waals surface area contributed by atoms with Gasteiger partial charge in [0.25, 0.3) is 0 Å². The van der Waals surface area contributed by atoms with Crippen LogP contribution in [0.4, 0.5) is 5.82 Å². The van der Waals surface area contributed by atoms with Crippen molar-refractivity contribution in [3.8, 4) is 6.07 Å². The molecule has 3 heteroatoms. The number of nitrogens with two attached hydrogens (primary N) is 1. The summed E-state index contributed by atoms with van der Waals surface area (Å²) >= 11 is 0. The highest BCUT2D eigenvalue weighted by molar-refractivity contribution is 5.57. The molecule has 1 fully saturated rings. The van der Waals surface area contributed by atoms with Crippen molar-refractivity contribution in [1.82, 2.24) is 4.57 Å². The van der Waals surface area contributed by atoms with Gasteiger partial charge in [-0.1, -0.05) is 13.3 Å². The Morgan fingerprint density at radius 3 is 2.59 bits per heavy atom. The summed E-state index contributed by atoms with van der Waals surface area (Å²) in [5.74, 6) is 2.22. The second-order valence-corrected chi connectivity index (χ2v) is 5.48. The van der Waals surface area contributed by atoms with E-state index in [0.717, 1.165) is 29.6 Å². The fraction of sp³-hybridized carbons (Fsp3) is 0.643. The average Bonchev–Trinajstić information content (AvgIpc) is 2.78. The van der Waals surface area contributed by atoms with Crippen molar-refractivity contribution in [3.05, 3.63) is 16.8 Å². The maximum absolute atomic E-state index is 9.10. The molecule has 1 aromatic rings. The molecule has 1 saturated carbocycles. The number of nitrogen functional groups attached to an aromatic ring is 1. The zero-order chi connectivity index (χ0) is 12.6. The van der Waals surface area contributed by atoms with Gasteiger partial charge in [0, 0.05) is 12.2 Å².